The maximum atomic E-state index is 13.6. The molecule has 0 fully saturated rings. The van der Waals surface area contributed by atoms with E-state index in [2.05, 4.69) is 11.4 Å². The van der Waals surface area contributed by atoms with E-state index in [4.69, 9.17) is 24.9 Å². The van der Waals surface area contributed by atoms with Gasteiger partial charge in [-0.1, -0.05) is 20.8 Å². The van der Waals surface area contributed by atoms with Gasteiger partial charge in [0.25, 0.3) is 5.91 Å². The van der Waals surface area contributed by atoms with Gasteiger partial charge in [-0.3, -0.25) is 15.0 Å². The van der Waals surface area contributed by atoms with Gasteiger partial charge in [0.05, 0.1) is 38.0 Å². The molecule has 2 aromatic carbocycles. The fraction of sp³-hybridized carbons (Fsp3) is 0.467. The summed E-state index contributed by atoms with van der Waals surface area (Å²) < 4.78 is 17.5. The molecule has 0 saturated carbocycles. The number of nitriles is 1. The topological polar surface area (TPSA) is 145 Å². The number of aliphatic hydroxyl groups excluding tert-OH is 1. The fourth-order valence-corrected chi connectivity index (χ4v) is 4.47. The van der Waals surface area contributed by atoms with E-state index in [0.29, 0.717) is 59.9 Å². The van der Waals surface area contributed by atoms with Crippen molar-refractivity contribution in [2.24, 2.45) is 0 Å². The Morgan fingerprint density at radius 2 is 1.85 bits per heavy atom. The number of benzene rings is 2. The highest BCUT2D eigenvalue weighted by molar-refractivity contribution is 8.93. The number of amides is 1. The fourth-order valence-electron chi connectivity index (χ4n) is 4.47. The van der Waals surface area contributed by atoms with Crippen LogP contribution in [-0.4, -0.2) is 67.6 Å². The first-order valence-corrected chi connectivity index (χ1v) is 13.4. The molecule has 1 aliphatic rings. The average Bonchev–Trinajstić information content (AvgIpc) is 3.22. The number of ketones is 1. The molecule has 0 aliphatic carbocycles. The number of nitrogens with one attached hydrogen (secondary N) is 2. The van der Waals surface area contributed by atoms with Crippen LogP contribution in [0, 0.1) is 16.7 Å². The van der Waals surface area contributed by atoms with Gasteiger partial charge in [-0.05, 0) is 48.6 Å². The second-order valence-corrected chi connectivity index (χ2v) is 10.4. The predicted octanol–water partition coefficient (Wildman–Crippen LogP) is 4.40. The highest BCUT2D eigenvalue weighted by atomic mass is 79.9. The minimum Gasteiger partial charge on any atom is -0.493 e. The normalized spacial score (nSPS) is 12.2. The summed E-state index contributed by atoms with van der Waals surface area (Å²) in [6.45, 7) is 8.64. The van der Waals surface area contributed by atoms with Gasteiger partial charge in [-0.25, -0.2) is 0 Å². The van der Waals surface area contributed by atoms with Gasteiger partial charge in [0, 0.05) is 36.7 Å². The number of aliphatic hydroxyl groups is 1. The summed E-state index contributed by atoms with van der Waals surface area (Å²) in [6, 6.07) is 8.90. The van der Waals surface area contributed by atoms with Gasteiger partial charge in [0.1, 0.15) is 18.2 Å². The molecule has 11 heteroatoms. The smallest absolute Gasteiger partial charge is 0.254 e. The Hall–Kier alpha value is -3.62. The number of rotatable bonds is 13. The number of carbonyl (C=O) groups excluding carboxylic acids is 2. The third-order valence-corrected chi connectivity index (χ3v) is 6.46. The summed E-state index contributed by atoms with van der Waals surface area (Å²) in [7, 11) is 1.54. The quantitative estimate of drug-likeness (QED) is 0.218. The monoisotopic (exact) mass is 630 g/mol. The van der Waals surface area contributed by atoms with Crippen LogP contribution < -0.4 is 19.5 Å². The van der Waals surface area contributed by atoms with Gasteiger partial charge < -0.3 is 29.5 Å². The number of hydrogen-bond donors (Lipinski definition) is 3. The van der Waals surface area contributed by atoms with Crippen LogP contribution in [0.15, 0.2) is 24.3 Å². The number of carbonyl (C=O) groups is 2. The molecule has 3 N–H and O–H groups in total. The van der Waals surface area contributed by atoms with Gasteiger partial charge in [0.2, 0.25) is 0 Å². The highest BCUT2D eigenvalue weighted by Crippen LogP contribution is 2.40. The van der Waals surface area contributed by atoms with Crippen LogP contribution in [0.5, 0.6) is 17.2 Å². The Kier molecular flexibility index (Phi) is 12.2. The molecule has 0 aromatic heterocycles. The molecular weight excluding hydrogens is 592 g/mol. The molecule has 10 nitrogen and oxygen atoms in total. The maximum Gasteiger partial charge on any atom is 0.254 e. The first-order chi connectivity index (χ1) is 19.0. The first-order valence-electron chi connectivity index (χ1n) is 13.4. The van der Waals surface area contributed by atoms with E-state index in [1.165, 1.54) is 7.05 Å². The maximum absolute atomic E-state index is 13.6. The molecule has 0 atom stereocenters. The number of nitrogens with zero attached hydrogens (tertiary/aromatic N) is 2. The van der Waals surface area contributed by atoms with Gasteiger partial charge in [-0.15, -0.1) is 17.0 Å². The number of unbranched alkanes of at least 4 members (excludes halogenated alkanes) is 1. The zero-order chi connectivity index (χ0) is 29.4. The molecule has 0 unspecified atom stereocenters. The van der Waals surface area contributed by atoms with Crippen molar-refractivity contribution in [2.75, 3.05) is 40.0 Å². The molecule has 1 heterocycles. The van der Waals surface area contributed by atoms with Crippen LogP contribution in [0.4, 0.5) is 0 Å². The minimum atomic E-state index is -0.408. The number of hydrogen-bond acceptors (Lipinski definition) is 8. The molecular formula is C30H39BrN4O6. The first kappa shape index (κ1) is 33.6. The summed E-state index contributed by atoms with van der Waals surface area (Å²) in [6.07, 6.45) is 0.853. The van der Waals surface area contributed by atoms with Crippen molar-refractivity contribution in [3.8, 4) is 23.3 Å². The Bertz CT molecular complexity index is 1320. The average molecular weight is 632 g/mol. The summed E-state index contributed by atoms with van der Waals surface area (Å²) in [5.74, 6) is 0.904. The lowest BCUT2D eigenvalue weighted by molar-refractivity contribution is 0.0952. The van der Waals surface area contributed by atoms with Crippen molar-refractivity contribution in [2.45, 2.75) is 52.5 Å². The molecule has 3 rings (SSSR count). The van der Waals surface area contributed by atoms with Crippen LogP contribution in [0.25, 0.3) is 0 Å². The summed E-state index contributed by atoms with van der Waals surface area (Å²) in [4.78, 5) is 27.7. The lowest BCUT2D eigenvalue weighted by atomic mass is 9.84. The van der Waals surface area contributed by atoms with Gasteiger partial charge >= 0.3 is 0 Å². The number of ether oxygens (including phenoxy) is 3. The zero-order valence-corrected chi connectivity index (χ0v) is 26.0. The molecule has 0 radical (unpaired) electrons. The van der Waals surface area contributed by atoms with Gasteiger partial charge in [0.15, 0.2) is 17.3 Å². The Labute approximate surface area is 251 Å². The van der Waals surface area contributed by atoms with Gasteiger partial charge in [-0.2, -0.15) is 5.26 Å². The van der Waals surface area contributed by atoms with E-state index in [1.54, 1.807) is 29.2 Å². The van der Waals surface area contributed by atoms with Crippen LogP contribution in [-0.2, 0) is 12.0 Å². The molecule has 222 valence electrons. The van der Waals surface area contributed by atoms with E-state index in [1.807, 2.05) is 27.7 Å². The van der Waals surface area contributed by atoms with Crippen molar-refractivity contribution >= 4 is 34.5 Å². The van der Waals surface area contributed by atoms with Crippen molar-refractivity contribution < 1.29 is 28.9 Å². The number of Topliss-reactive ketones (excluding diaryl/α,β-unsaturated/α-hetero) is 1. The lowest BCUT2D eigenvalue weighted by Crippen LogP contribution is -2.30. The number of halogens is 1. The Morgan fingerprint density at radius 1 is 1.12 bits per heavy atom. The van der Waals surface area contributed by atoms with E-state index in [9.17, 15) is 14.7 Å². The van der Waals surface area contributed by atoms with Crippen molar-refractivity contribution in [3.05, 3.63) is 52.1 Å². The summed E-state index contributed by atoms with van der Waals surface area (Å²) in [5.41, 5.74) is 2.47. The molecule has 1 aliphatic heterocycles. The standard InChI is InChI=1S/C30H38N4O6.BrH/c1-6-38-25-15-20-17-34(28(32)21(20)16-22(25)29(37)33-5)18-24(36)19-13-23(30(2,3)4)27(40-12-10-35)26(14-19)39-11-8-7-9-31;/h13-16,32,35H,6-8,10-12,17-18H2,1-5H3,(H,33,37);1H. The summed E-state index contributed by atoms with van der Waals surface area (Å²) >= 11 is 0. The Balaban J connectivity index is 0.00000588. The minimum absolute atomic E-state index is 0. The molecule has 1 amide bonds. The van der Waals surface area contributed by atoms with E-state index >= 15 is 0 Å². The van der Waals surface area contributed by atoms with E-state index in [0.717, 1.165) is 11.1 Å². The van der Waals surface area contributed by atoms with Crippen molar-refractivity contribution in [1.82, 2.24) is 10.2 Å². The second-order valence-electron chi connectivity index (χ2n) is 10.4. The Morgan fingerprint density at radius 3 is 2.46 bits per heavy atom. The van der Waals surface area contributed by atoms with Crippen LogP contribution in [0.1, 0.15) is 77.9 Å². The molecule has 0 saturated heterocycles. The molecule has 0 bridgehead atoms. The number of fused-ring (bicyclic) bond motifs is 1. The van der Waals surface area contributed by atoms with E-state index < -0.39 is 5.41 Å². The van der Waals surface area contributed by atoms with Crippen LogP contribution in [0.2, 0.25) is 0 Å². The van der Waals surface area contributed by atoms with Crippen molar-refractivity contribution in [3.63, 3.8) is 0 Å². The third kappa shape index (κ3) is 7.99. The second kappa shape index (κ2) is 14.8. The lowest BCUT2D eigenvalue weighted by Gasteiger charge is -2.26. The third-order valence-electron chi connectivity index (χ3n) is 6.46. The van der Waals surface area contributed by atoms with E-state index in [-0.39, 0.29) is 60.9 Å². The summed E-state index contributed by atoms with van der Waals surface area (Å²) in [5, 5.41) is 29.6. The molecule has 0 spiro atoms. The zero-order valence-electron chi connectivity index (χ0n) is 24.3. The molecule has 41 heavy (non-hydrogen) atoms. The SMILES string of the molecule is Br.CCOc1cc2c(cc1C(=O)NC)C(=N)N(CC(=O)c1cc(OCCCC#N)c(OCCO)c(C(C)(C)C)c1)C2. The predicted molar refractivity (Wildman–Crippen MR) is 161 cm³/mol. The highest BCUT2D eigenvalue weighted by Gasteiger charge is 2.31. The van der Waals surface area contributed by atoms with Crippen LogP contribution in [0.3, 0.4) is 0 Å². The number of amidine groups is 1. The van der Waals surface area contributed by atoms with Crippen molar-refractivity contribution in [1.29, 1.82) is 10.7 Å². The largest absolute Gasteiger partial charge is 0.493 e. The van der Waals surface area contributed by atoms with Crippen LogP contribution >= 0.6 is 17.0 Å². The molecule has 2 aromatic rings.